The number of benzene rings is 1. The maximum absolute atomic E-state index is 12.2. The third-order valence-electron chi connectivity index (χ3n) is 2.74. The van der Waals surface area contributed by atoms with Crippen LogP contribution in [0.4, 0.5) is 5.69 Å². The highest BCUT2D eigenvalue weighted by molar-refractivity contribution is 9.10. The Bertz CT molecular complexity index is 586. The van der Waals surface area contributed by atoms with E-state index in [9.17, 15) is 4.79 Å². The molecule has 0 aliphatic rings. The van der Waals surface area contributed by atoms with Crippen LogP contribution in [0.2, 0.25) is 0 Å². The molecule has 1 amide bonds. The lowest BCUT2D eigenvalue weighted by atomic mass is 10.1. The minimum absolute atomic E-state index is 0.174. The second-order valence-electron chi connectivity index (χ2n) is 4.18. The molecule has 0 aliphatic carbocycles. The van der Waals surface area contributed by atoms with Crippen LogP contribution in [0.5, 0.6) is 0 Å². The summed E-state index contributed by atoms with van der Waals surface area (Å²) in [4.78, 5) is 16.4. The molecule has 5 heteroatoms. The summed E-state index contributed by atoms with van der Waals surface area (Å²) >= 11 is 3.33. The second-order valence-corrected chi connectivity index (χ2v) is 5.10. The molecule has 0 fully saturated rings. The largest absolute Gasteiger partial charge is 0.398 e. The molecule has 1 aromatic heterocycles. The van der Waals surface area contributed by atoms with Crippen molar-refractivity contribution in [2.24, 2.45) is 0 Å². The molecule has 0 saturated heterocycles. The van der Waals surface area contributed by atoms with Crippen LogP contribution in [0.1, 0.15) is 29.0 Å². The number of nitrogens with one attached hydrogen (secondary N) is 1. The third-order valence-corrected chi connectivity index (χ3v) is 3.23. The molecule has 0 spiro atoms. The molecule has 3 N–H and O–H groups in total. The van der Waals surface area contributed by atoms with Gasteiger partial charge in [0.2, 0.25) is 0 Å². The smallest absolute Gasteiger partial charge is 0.253 e. The summed E-state index contributed by atoms with van der Waals surface area (Å²) in [6, 6.07) is 10.6. The summed E-state index contributed by atoms with van der Waals surface area (Å²) < 4.78 is 0.817. The fourth-order valence-corrected chi connectivity index (χ4v) is 2.07. The van der Waals surface area contributed by atoms with Crippen LogP contribution in [0.3, 0.4) is 0 Å². The summed E-state index contributed by atoms with van der Waals surface area (Å²) in [6.45, 7) is 1.88. The fourth-order valence-electron chi connectivity index (χ4n) is 1.71. The first-order valence-electron chi connectivity index (χ1n) is 5.84. The predicted molar refractivity (Wildman–Crippen MR) is 78.7 cm³/mol. The molecular formula is C14H14BrN3O. The van der Waals surface area contributed by atoms with E-state index in [1.165, 1.54) is 0 Å². The van der Waals surface area contributed by atoms with Crippen LogP contribution in [-0.2, 0) is 0 Å². The zero-order chi connectivity index (χ0) is 13.8. The van der Waals surface area contributed by atoms with Crippen LogP contribution in [-0.4, -0.2) is 10.9 Å². The summed E-state index contributed by atoms with van der Waals surface area (Å²) in [5, 5.41) is 2.88. The van der Waals surface area contributed by atoms with Gasteiger partial charge in [-0.05, 0) is 37.3 Å². The maximum atomic E-state index is 12.2. The lowest BCUT2D eigenvalue weighted by molar-refractivity contribution is 0.0940. The lowest BCUT2D eigenvalue weighted by Crippen LogP contribution is -2.27. The van der Waals surface area contributed by atoms with Crippen molar-refractivity contribution >= 4 is 27.5 Å². The highest BCUT2D eigenvalue weighted by Gasteiger charge is 2.14. The van der Waals surface area contributed by atoms with E-state index in [2.05, 4.69) is 26.2 Å². The van der Waals surface area contributed by atoms with Gasteiger partial charge in [0, 0.05) is 16.4 Å². The summed E-state index contributed by atoms with van der Waals surface area (Å²) in [7, 11) is 0. The number of hydrogen-bond donors (Lipinski definition) is 2. The third kappa shape index (κ3) is 3.32. The molecule has 2 aromatic rings. The van der Waals surface area contributed by atoms with Gasteiger partial charge in [-0.25, -0.2) is 0 Å². The first-order chi connectivity index (χ1) is 9.08. The molecule has 0 aliphatic heterocycles. The van der Waals surface area contributed by atoms with Gasteiger partial charge in [0.1, 0.15) is 0 Å². The zero-order valence-electron chi connectivity index (χ0n) is 10.4. The van der Waals surface area contributed by atoms with Crippen LogP contribution in [0.15, 0.2) is 47.1 Å². The van der Waals surface area contributed by atoms with E-state index in [0.29, 0.717) is 11.3 Å². The number of carbonyl (C=O) groups excluding carboxylic acids is 1. The number of nitrogens with zero attached hydrogens (tertiary/aromatic N) is 1. The number of halogens is 1. The first kappa shape index (κ1) is 13.5. The Kier molecular flexibility index (Phi) is 4.16. The molecule has 2 rings (SSSR count). The maximum Gasteiger partial charge on any atom is 0.253 e. The number of amides is 1. The number of pyridine rings is 1. The Morgan fingerprint density at radius 3 is 2.84 bits per heavy atom. The van der Waals surface area contributed by atoms with Gasteiger partial charge in [0.25, 0.3) is 5.91 Å². The van der Waals surface area contributed by atoms with Crippen LogP contribution < -0.4 is 11.1 Å². The Morgan fingerprint density at radius 2 is 2.16 bits per heavy atom. The predicted octanol–water partition coefficient (Wildman–Crippen LogP) is 2.92. The number of rotatable bonds is 3. The Hall–Kier alpha value is -1.88. The first-order valence-corrected chi connectivity index (χ1v) is 6.64. The normalized spacial score (nSPS) is 11.9. The monoisotopic (exact) mass is 319 g/mol. The van der Waals surface area contributed by atoms with E-state index in [0.717, 1.165) is 10.2 Å². The van der Waals surface area contributed by atoms with Crippen molar-refractivity contribution in [3.05, 3.63) is 58.3 Å². The van der Waals surface area contributed by atoms with Gasteiger partial charge in [-0.15, -0.1) is 0 Å². The van der Waals surface area contributed by atoms with Gasteiger partial charge in [0.05, 0.1) is 17.3 Å². The molecule has 0 saturated carbocycles. The average molecular weight is 320 g/mol. The SMILES string of the molecule is CC(NC(=O)c1cc(Br)ccc1N)c1ccccn1. The van der Waals surface area contributed by atoms with Crippen LogP contribution >= 0.6 is 15.9 Å². The van der Waals surface area contributed by atoms with Crippen molar-refractivity contribution in [2.75, 3.05) is 5.73 Å². The molecule has 1 unspecified atom stereocenters. The molecule has 98 valence electrons. The molecule has 1 aromatic carbocycles. The van der Waals surface area contributed by atoms with E-state index in [4.69, 9.17) is 5.73 Å². The van der Waals surface area contributed by atoms with E-state index in [1.807, 2.05) is 25.1 Å². The average Bonchev–Trinajstić information content (AvgIpc) is 2.42. The summed E-state index contributed by atoms with van der Waals surface area (Å²) in [6.07, 6.45) is 1.70. The number of aromatic nitrogens is 1. The van der Waals surface area contributed by atoms with E-state index in [-0.39, 0.29) is 11.9 Å². The number of nitrogens with two attached hydrogens (primary N) is 1. The molecular weight excluding hydrogens is 306 g/mol. The molecule has 4 nitrogen and oxygen atoms in total. The number of nitrogen functional groups attached to an aromatic ring is 1. The molecule has 0 bridgehead atoms. The van der Waals surface area contributed by atoms with Crippen LogP contribution in [0.25, 0.3) is 0 Å². The van der Waals surface area contributed by atoms with Crippen molar-refractivity contribution in [3.8, 4) is 0 Å². The standard InChI is InChI=1S/C14H14BrN3O/c1-9(13-4-2-3-7-17-13)18-14(19)11-8-10(15)5-6-12(11)16/h2-9H,16H2,1H3,(H,18,19). The highest BCUT2D eigenvalue weighted by atomic mass is 79.9. The number of anilines is 1. The topological polar surface area (TPSA) is 68.0 Å². The van der Waals surface area contributed by atoms with E-state index in [1.54, 1.807) is 24.4 Å². The molecule has 0 radical (unpaired) electrons. The molecule has 1 atom stereocenters. The van der Waals surface area contributed by atoms with Crippen LogP contribution in [0, 0.1) is 0 Å². The van der Waals surface area contributed by atoms with Gasteiger partial charge in [0.15, 0.2) is 0 Å². The Labute approximate surface area is 120 Å². The van der Waals surface area contributed by atoms with Crippen molar-refractivity contribution < 1.29 is 4.79 Å². The minimum Gasteiger partial charge on any atom is -0.398 e. The van der Waals surface area contributed by atoms with Gasteiger partial charge in [-0.2, -0.15) is 0 Å². The summed E-state index contributed by atoms with van der Waals surface area (Å²) in [5.41, 5.74) is 7.53. The summed E-state index contributed by atoms with van der Waals surface area (Å²) in [5.74, 6) is -0.211. The minimum atomic E-state index is -0.211. The van der Waals surface area contributed by atoms with Crippen molar-refractivity contribution in [3.63, 3.8) is 0 Å². The van der Waals surface area contributed by atoms with Gasteiger partial charge in [-0.1, -0.05) is 22.0 Å². The quantitative estimate of drug-likeness (QED) is 0.855. The van der Waals surface area contributed by atoms with E-state index < -0.39 is 0 Å². The fraction of sp³-hybridized carbons (Fsp3) is 0.143. The Balaban J connectivity index is 2.15. The lowest BCUT2D eigenvalue weighted by Gasteiger charge is -2.14. The van der Waals surface area contributed by atoms with E-state index >= 15 is 0 Å². The number of carbonyl (C=O) groups is 1. The molecule has 1 heterocycles. The van der Waals surface area contributed by atoms with Gasteiger partial charge in [-0.3, -0.25) is 9.78 Å². The van der Waals surface area contributed by atoms with Crippen molar-refractivity contribution in [1.82, 2.24) is 10.3 Å². The second kappa shape index (κ2) is 5.84. The molecule has 19 heavy (non-hydrogen) atoms. The van der Waals surface area contributed by atoms with Gasteiger partial charge < -0.3 is 11.1 Å². The van der Waals surface area contributed by atoms with Crippen molar-refractivity contribution in [1.29, 1.82) is 0 Å². The number of hydrogen-bond acceptors (Lipinski definition) is 3. The van der Waals surface area contributed by atoms with Crippen molar-refractivity contribution in [2.45, 2.75) is 13.0 Å². The zero-order valence-corrected chi connectivity index (χ0v) is 12.0. The Morgan fingerprint density at radius 1 is 1.37 bits per heavy atom. The highest BCUT2D eigenvalue weighted by Crippen LogP contribution is 2.19. The van der Waals surface area contributed by atoms with Gasteiger partial charge >= 0.3 is 0 Å².